The van der Waals surface area contributed by atoms with Crippen LogP contribution < -0.4 is 5.56 Å². The summed E-state index contributed by atoms with van der Waals surface area (Å²) in [5, 5.41) is 3.05. The van der Waals surface area contributed by atoms with Gasteiger partial charge in [-0.25, -0.2) is 14.3 Å². The van der Waals surface area contributed by atoms with Gasteiger partial charge in [0.1, 0.15) is 5.56 Å². The first-order valence-electron chi connectivity index (χ1n) is 7.52. The van der Waals surface area contributed by atoms with Crippen molar-refractivity contribution in [2.75, 3.05) is 6.61 Å². The molecule has 1 aromatic carbocycles. The summed E-state index contributed by atoms with van der Waals surface area (Å²) in [5.74, 6) is -0.659. The van der Waals surface area contributed by atoms with Crippen molar-refractivity contribution >= 4 is 11.6 Å². The zero-order valence-corrected chi connectivity index (χ0v) is 13.0. The molecule has 0 amide bonds. The van der Waals surface area contributed by atoms with E-state index in [4.69, 9.17) is 4.74 Å². The SMILES string of the molecule is CCOC(=O)c1cnc2c(-c3ccccc3)c(CC)[nH]n2c1=O. The van der Waals surface area contributed by atoms with Gasteiger partial charge in [0, 0.05) is 17.5 Å². The maximum absolute atomic E-state index is 12.5. The fourth-order valence-corrected chi connectivity index (χ4v) is 2.57. The van der Waals surface area contributed by atoms with Crippen LogP contribution in [-0.2, 0) is 11.2 Å². The van der Waals surface area contributed by atoms with Crippen LogP contribution >= 0.6 is 0 Å². The molecule has 0 saturated heterocycles. The van der Waals surface area contributed by atoms with Gasteiger partial charge in [-0.1, -0.05) is 37.3 Å². The summed E-state index contributed by atoms with van der Waals surface area (Å²) < 4.78 is 6.21. The molecule has 3 rings (SSSR count). The normalized spacial score (nSPS) is 10.9. The van der Waals surface area contributed by atoms with Gasteiger partial charge < -0.3 is 4.74 Å². The van der Waals surface area contributed by atoms with Crippen LogP contribution in [0.5, 0.6) is 0 Å². The van der Waals surface area contributed by atoms with Crippen LogP contribution in [0.4, 0.5) is 0 Å². The summed E-state index contributed by atoms with van der Waals surface area (Å²) in [4.78, 5) is 28.7. The topological polar surface area (TPSA) is 76.5 Å². The summed E-state index contributed by atoms with van der Waals surface area (Å²) in [6.07, 6.45) is 2.00. The minimum atomic E-state index is -0.659. The van der Waals surface area contributed by atoms with Crippen molar-refractivity contribution in [3.63, 3.8) is 0 Å². The molecular weight excluding hydrogens is 294 g/mol. The molecule has 0 unspecified atom stereocenters. The van der Waals surface area contributed by atoms with Crippen molar-refractivity contribution in [2.45, 2.75) is 20.3 Å². The Labute approximate surface area is 132 Å². The van der Waals surface area contributed by atoms with Crippen LogP contribution in [0.3, 0.4) is 0 Å². The molecule has 0 aliphatic heterocycles. The number of nitrogens with one attached hydrogen (secondary N) is 1. The van der Waals surface area contributed by atoms with Crippen molar-refractivity contribution in [2.24, 2.45) is 0 Å². The molecule has 0 aliphatic carbocycles. The first kappa shape index (κ1) is 15.0. The number of nitrogens with zero attached hydrogens (tertiary/aromatic N) is 2. The number of ether oxygens (including phenoxy) is 1. The number of fused-ring (bicyclic) bond motifs is 1. The van der Waals surface area contributed by atoms with Gasteiger partial charge in [-0.3, -0.25) is 9.89 Å². The van der Waals surface area contributed by atoms with E-state index in [2.05, 4.69) is 10.1 Å². The Morgan fingerprint density at radius 3 is 2.65 bits per heavy atom. The highest BCUT2D eigenvalue weighted by molar-refractivity contribution is 5.89. The van der Waals surface area contributed by atoms with Crippen LogP contribution in [0.15, 0.2) is 41.3 Å². The van der Waals surface area contributed by atoms with Gasteiger partial charge in [0.25, 0.3) is 5.56 Å². The van der Waals surface area contributed by atoms with E-state index in [9.17, 15) is 9.59 Å². The molecule has 2 heterocycles. The van der Waals surface area contributed by atoms with Gasteiger partial charge in [-0.05, 0) is 18.9 Å². The zero-order chi connectivity index (χ0) is 16.4. The summed E-state index contributed by atoms with van der Waals surface area (Å²) in [6.45, 7) is 3.90. The summed E-state index contributed by atoms with van der Waals surface area (Å²) >= 11 is 0. The zero-order valence-electron chi connectivity index (χ0n) is 13.0. The Hall–Kier alpha value is -2.89. The van der Waals surface area contributed by atoms with Crippen molar-refractivity contribution in [3.05, 3.63) is 58.1 Å². The van der Waals surface area contributed by atoms with E-state index in [0.29, 0.717) is 12.1 Å². The number of aryl methyl sites for hydroxylation is 1. The van der Waals surface area contributed by atoms with Crippen molar-refractivity contribution in [1.82, 2.24) is 14.6 Å². The molecule has 0 radical (unpaired) electrons. The second-order valence-electron chi connectivity index (χ2n) is 5.04. The van der Waals surface area contributed by atoms with Crippen molar-refractivity contribution < 1.29 is 9.53 Å². The van der Waals surface area contributed by atoms with E-state index < -0.39 is 11.5 Å². The number of benzene rings is 1. The monoisotopic (exact) mass is 311 g/mol. The molecule has 0 saturated carbocycles. The minimum absolute atomic E-state index is 0.0761. The lowest BCUT2D eigenvalue weighted by atomic mass is 10.0. The number of hydrogen-bond donors (Lipinski definition) is 1. The smallest absolute Gasteiger partial charge is 0.345 e. The highest BCUT2D eigenvalue weighted by atomic mass is 16.5. The van der Waals surface area contributed by atoms with Gasteiger partial charge in [-0.2, -0.15) is 0 Å². The molecule has 6 heteroatoms. The summed E-state index contributed by atoms with van der Waals surface area (Å²) in [6, 6.07) is 9.73. The maximum atomic E-state index is 12.5. The summed E-state index contributed by atoms with van der Waals surface area (Å²) in [7, 11) is 0. The van der Waals surface area contributed by atoms with Crippen molar-refractivity contribution in [3.8, 4) is 11.1 Å². The van der Waals surface area contributed by atoms with Crippen LogP contribution in [0.25, 0.3) is 16.8 Å². The lowest BCUT2D eigenvalue weighted by molar-refractivity contribution is 0.0523. The Bertz CT molecular complexity index is 910. The Morgan fingerprint density at radius 2 is 2.00 bits per heavy atom. The number of aromatic amines is 1. The molecule has 23 heavy (non-hydrogen) atoms. The Morgan fingerprint density at radius 1 is 1.26 bits per heavy atom. The van der Waals surface area contributed by atoms with Gasteiger partial charge >= 0.3 is 5.97 Å². The molecule has 3 aromatic rings. The van der Waals surface area contributed by atoms with Crippen LogP contribution in [0.2, 0.25) is 0 Å². The number of carbonyl (C=O) groups excluding carboxylic acids is 1. The van der Waals surface area contributed by atoms with E-state index in [1.807, 2.05) is 37.3 Å². The second kappa shape index (κ2) is 6.08. The average molecular weight is 311 g/mol. The first-order valence-corrected chi connectivity index (χ1v) is 7.52. The molecular formula is C17H17N3O3. The molecule has 0 bridgehead atoms. The predicted molar refractivity (Wildman–Crippen MR) is 86.6 cm³/mol. The van der Waals surface area contributed by atoms with Crippen LogP contribution in [-0.4, -0.2) is 27.2 Å². The van der Waals surface area contributed by atoms with E-state index in [1.165, 1.54) is 10.7 Å². The van der Waals surface area contributed by atoms with Gasteiger partial charge in [0.05, 0.1) is 6.61 Å². The highest BCUT2D eigenvalue weighted by Gasteiger charge is 2.19. The van der Waals surface area contributed by atoms with E-state index in [0.717, 1.165) is 16.8 Å². The molecule has 6 nitrogen and oxygen atoms in total. The number of H-pyrrole nitrogens is 1. The third-order valence-electron chi connectivity index (χ3n) is 3.64. The molecule has 0 aliphatic rings. The number of rotatable bonds is 4. The molecule has 118 valence electrons. The third-order valence-corrected chi connectivity index (χ3v) is 3.64. The summed E-state index contributed by atoms with van der Waals surface area (Å²) in [5.41, 5.74) is 2.71. The standard InChI is InChI=1S/C17H17N3O3/c1-3-13-14(11-8-6-5-7-9-11)15-18-10-12(17(22)23-4-2)16(21)20(15)19-13/h5-10,19H,3-4H2,1-2H3. The Kier molecular flexibility index (Phi) is 3.97. The number of hydrogen-bond acceptors (Lipinski definition) is 4. The number of esters is 1. The average Bonchev–Trinajstić information content (AvgIpc) is 2.95. The van der Waals surface area contributed by atoms with E-state index >= 15 is 0 Å². The fraction of sp³-hybridized carbons (Fsp3) is 0.235. The molecule has 0 fully saturated rings. The first-order chi connectivity index (χ1) is 11.2. The third kappa shape index (κ3) is 2.52. The van der Waals surface area contributed by atoms with Crippen LogP contribution in [0.1, 0.15) is 29.9 Å². The lowest BCUT2D eigenvalue weighted by Gasteiger charge is -2.02. The molecule has 0 atom stereocenters. The largest absolute Gasteiger partial charge is 0.462 e. The minimum Gasteiger partial charge on any atom is -0.462 e. The lowest BCUT2D eigenvalue weighted by Crippen LogP contribution is -2.24. The van der Waals surface area contributed by atoms with E-state index in [-0.39, 0.29) is 12.2 Å². The molecule has 1 N–H and O–H groups in total. The quantitative estimate of drug-likeness (QED) is 0.751. The van der Waals surface area contributed by atoms with Crippen molar-refractivity contribution in [1.29, 1.82) is 0 Å². The Balaban J connectivity index is 2.26. The van der Waals surface area contributed by atoms with Gasteiger partial charge in [-0.15, -0.1) is 0 Å². The van der Waals surface area contributed by atoms with E-state index in [1.54, 1.807) is 6.92 Å². The van der Waals surface area contributed by atoms with Gasteiger partial charge in [0.2, 0.25) is 0 Å². The highest BCUT2D eigenvalue weighted by Crippen LogP contribution is 2.26. The number of aromatic nitrogens is 3. The number of carbonyl (C=O) groups is 1. The fourth-order valence-electron chi connectivity index (χ4n) is 2.57. The molecule has 2 aromatic heterocycles. The molecule has 0 spiro atoms. The van der Waals surface area contributed by atoms with Crippen LogP contribution in [0, 0.1) is 0 Å². The second-order valence-corrected chi connectivity index (χ2v) is 5.04. The predicted octanol–water partition coefficient (Wildman–Crippen LogP) is 2.43. The maximum Gasteiger partial charge on any atom is 0.345 e. The van der Waals surface area contributed by atoms with Gasteiger partial charge in [0.15, 0.2) is 5.65 Å².